The number of halogens is 2. The van der Waals surface area contributed by atoms with E-state index in [0.29, 0.717) is 35.2 Å². The van der Waals surface area contributed by atoms with Crippen LogP contribution in [0.25, 0.3) is 5.69 Å². The van der Waals surface area contributed by atoms with Crippen LogP contribution in [0.15, 0.2) is 79.0 Å². The predicted molar refractivity (Wildman–Crippen MR) is 135 cm³/mol. The Balaban J connectivity index is 1.61. The zero-order chi connectivity index (χ0) is 24.1. The Kier molecular flexibility index (Phi) is 7.13. The Morgan fingerprint density at radius 3 is 2.47 bits per heavy atom. The standard InChI is InChI=1S/C26H25ClFN5O/c1-2-32(21-13-9-19(28)10-14-21)17-25-30-20(16-33(25)22-11-7-18(27)8-12-22)15-26(34)31-24-6-4-3-5-23(24)29/h3-14,16H,2,15,17,29H2,1H3,(H,31,34). The number of rotatable bonds is 8. The second kappa shape index (κ2) is 10.4. The fourth-order valence-corrected chi connectivity index (χ4v) is 3.80. The quantitative estimate of drug-likeness (QED) is 0.331. The van der Waals surface area contributed by atoms with Crippen molar-refractivity contribution in [2.24, 2.45) is 0 Å². The van der Waals surface area contributed by atoms with Crippen LogP contribution in [-0.4, -0.2) is 22.0 Å². The van der Waals surface area contributed by atoms with Crippen molar-refractivity contribution in [1.29, 1.82) is 0 Å². The average molecular weight is 478 g/mol. The third-order valence-electron chi connectivity index (χ3n) is 5.42. The SMILES string of the molecule is CCN(Cc1nc(CC(=O)Nc2ccccc2N)cn1-c1ccc(Cl)cc1)c1ccc(F)cc1. The molecule has 3 N–H and O–H groups in total. The number of aromatic nitrogens is 2. The van der Waals surface area contributed by atoms with Gasteiger partial charge in [0.25, 0.3) is 0 Å². The molecule has 0 unspecified atom stereocenters. The summed E-state index contributed by atoms with van der Waals surface area (Å²) in [4.78, 5) is 19.5. The van der Waals surface area contributed by atoms with E-state index in [4.69, 9.17) is 22.3 Å². The molecule has 0 saturated heterocycles. The van der Waals surface area contributed by atoms with Gasteiger partial charge in [0.05, 0.1) is 30.0 Å². The molecule has 0 aliphatic carbocycles. The third-order valence-corrected chi connectivity index (χ3v) is 5.67. The summed E-state index contributed by atoms with van der Waals surface area (Å²) < 4.78 is 15.4. The molecule has 0 atom stereocenters. The Hall–Kier alpha value is -3.84. The smallest absolute Gasteiger partial charge is 0.230 e. The summed E-state index contributed by atoms with van der Waals surface area (Å²) in [6, 6.07) is 20.9. The van der Waals surface area contributed by atoms with Crippen LogP contribution in [0.5, 0.6) is 0 Å². The van der Waals surface area contributed by atoms with Crippen molar-refractivity contribution in [3.63, 3.8) is 0 Å². The van der Waals surface area contributed by atoms with Gasteiger partial charge in [-0.15, -0.1) is 0 Å². The number of amides is 1. The summed E-state index contributed by atoms with van der Waals surface area (Å²) in [6.07, 6.45) is 1.94. The molecule has 174 valence electrons. The number of nitrogens with two attached hydrogens (primary N) is 1. The van der Waals surface area contributed by atoms with Gasteiger partial charge in [-0.3, -0.25) is 4.79 Å². The predicted octanol–water partition coefficient (Wildman–Crippen LogP) is 5.45. The summed E-state index contributed by atoms with van der Waals surface area (Å²) in [5.41, 5.74) is 9.38. The lowest BCUT2D eigenvalue weighted by Gasteiger charge is -2.23. The molecule has 0 spiro atoms. The van der Waals surface area contributed by atoms with Crippen molar-refractivity contribution in [1.82, 2.24) is 9.55 Å². The van der Waals surface area contributed by atoms with Gasteiger partial charge in [0.1, 0.15) is 11.6 Å². The van der Waals surface area contributed by atoms with Gasteiger partial charge in [-0.05, 0) is 67.6 Å². The number of benzene rings is 3. The van der Waals surface area contributed by atoms with E-state index in [1.165, 1.54) is 12.1 Å². The number of para-hydroxylation sites is 2. The Morgan fingerprint density at radius 2 is 1.79 bits per heavy atom. The first-order chi connectivity index (χ1) is 16.4. The number of hydrogen-bond donors (Lipinski definition) is 2. The second-order valence-electron chi connectivity index (χ2n) is 7.80. The Labute approximate surface area is 202 Å². The Bertz CT molecular complexity index is 1270. The molecule has 4 rings (SSSR count). The van der Waals surface area contributed by atoms with Crippen LogP contribution in [0, 0.1) is 5.82 Å². The minimum absolute atomic E-state index is 0.0879. The van der Waals surface area contributed by atoms with Crippen LogP contribution in [-0.2, 0) is 17.8 Å². The van der Waals surface area contributed by atoms with E-state index in [1.807, 2.05) is 54.1 Å². The molecular weight excluding hydrogens is 453 g/mol. The normalized spacial score (nSPS) is 10.8. The topological polar surface area (TPSA) is 76.2 Å². The number of nitrogen functional groups attached to an aromatic ring is 1. The van der Waals surface area contributed by atoms with Gasteiger partial charge < -0.3 is 20.5 Å². The number of imidazole rings is 1. The van der Waals surface area contributed by atoms with Crippen molar-refractivity contribution in [2.75, 3.05) is 22.5 Å². The highest BCUT2D eigenvalue weighted by Crippen LogP contribution is 2.22. The van der Waals surface area contributed by atoms with Gasteiger partial charge in [0, 0.05) is 29.1 Å². The molecule has 6 nitrogen and oxygen atoms in total. The Morgan fingerprint density at radius 1 is 1.09 bits per heavy atom. The molecule has 3 aromatic carbocycles. The molecule has 1 amide bonds. The summed E-state index contributed by atoms with van der Waals surface area (Å²) in [7, 11) is 0. The fraction of sp³-hybridized carbons (Fsp3) is 0.154. The van der Waals surface area contributed by atoms with Gasteiger partial charge in [-0.25, -0.2) is 9.37 Å². The molecule has 0 aliphatic rings. The lowest BCUT2D eigenvalue weighted by molar-refractivity contribution is -0.115. The third kappa shape index (κ3) is 5.55. The molecule has 34 heavy (non-hydrogen) atoms. The number of anilines is 3. The van der Waals surface area contributed by atoms with Crippen molar-refractivity contribution in [3.05, 3.63) is 101 Å². The molecule has 0 fully saturated rings. The lowest BCUT2D eigenvalue weighted by atomic mass is 10.2. The number of nitrogens with zero attached hydrogens (tertiary/aromatic N) is 3. The first-order valence-corrected chi connectivity index (χ1v) is 11.3. The van der Waals surface area contributed by atoms with Crippen molar-refractivity contribution >= 4 is 34.6 Å². The summed E-state index contributed by atoms with van der Waals surface area (Å²) in [6.45, 7) is 3.19. The number of carbonyl (C=O) groups excluding carboxylic acids is 1. The molecule has 0 bridgehead atoms. The average Bonchev–Trinajstić information content (AvgIpc) is 3.22. The molecule has 8 heteroatoms. The summed E-state index contributed by atoms with van der Waals surface area (Å²) in [5.74, 6) is 0.251. The van der Waals surface area contributed by atoms with Gasteiger partial charge in [-0.2, -0.15) is 0 Å². The molecule has 0 aliphatic heterocycles. The van der Waals surface area contributed by atoms with Crippen LogP contribution in [0.1, 0.15) is 18.4 Å². The minimum atomic E-state index is -0.283. The van der Waals surface area contributed by atoms with Crippen molar-refractivity contribution < 1.29 is 9.18 Å². The molecule has 4 aromatic rings. The van der Waals surface area contributed by atoms with Crippen LogP contribution >= 0.6 is 11.6 Å². The molecule has 0 radical (unpaired) electrons. The van der Waals surface area contributed by atoms with Crippen LogP contribution in [0.4, 0.5) is 21.5 Å². The highest BCUT2D eigenvalue weighted by Gasteiger charge is 2.16. The van der Waals surface area contributed by atoms with E-state index < -0.39 is 0 Å². The van der Waals surface area contributed by atoms with E-state index in [0.717, 1.165) is 17.2 Å². The summed E-state index contributed by atoms with van der Waals surface area (Å²) >= 11 is 6.08. The highest BCUT2D eigenvalue weighted by atomic mass is 35.5. The van der Waals surface area contributed by atoms with Crippen LogP contribution in [0.2, 0.25) is 5.02 Å². The number of nitrogens with one attached hydrogen (secondary N) is 1. The maximum atomic E-state index is 13.4. The highest BCUT2D eigenvalue weighted by molar-refractivity contribution is 6.30. The largest absolute Gasteiger partial charge is 0.397 e. The van der Waals surface area contributed by atoms with Crippen molar-refractivity contribution in [3.8, 4) is 5.69 Å². The van der Waals surface area contributed by atoms with E-state index >= 15 is 0 Å². The zero-order valence-electron chi connectivity index (χ0n) is 18.7. The zero-order valence-corrected chi connectivity index (χ0v) is 19.5. The fourth-order valence-electron chi connectivity index (χ4n) is 3.67. The van der Waals surface area contributed by atoms with Gasteiger partial charge >= 0.3 is 0 Å². The van der Waals surface area contributed by atoms with E-state index in [9.17, 15) is 9.18 Å². The van der Waals surface area contributed by atoms with Crippen molar-refractivity contribution in [2.45, 2.75) is 19.9 Å². The van der Waals surface area contributed by atoms with E-state index in [2.05, 4.69) is 10.2 Å². The molecular formula is C26H25ClFN5O. The van der Waals surface area contributed by atoms with Gasteiger partial charge in [-0.1, -0.05) is 23.7 Å². The molecule has 0 saturated carbocycles. The first kappa shape index (κ1) is 23.3. The minimum Gasteiger partial charge on any atom is -0.397 e. The lowest BCUT2D eigenvalue weighted by Crippen LogP contribution is -2.24. The van der Waals surface area contributed by atoms with E-state index in [1.54, 1.807) is 24.3 Å². The maximum Gasteiger partial charge on any atom is 0.230 e. The van der Waals surface area contributed by atoms with Gasteiger partial charge in [0.2, 0.25) is 5.91 Å². The number of carbonyl (C=O) groups is 1. The molecule has 1 aromatic heterocycles. The monoisotopic (exact) mass is 477 g/mol. The maximum absolute atomic E-state index is 13.4. The van der Waals surface area contributed by atoms with Crippen LogP contribution < -0.4 is 16.0 Å². The molecule has 1 heterocycles. The first-order valence-electron chi connectivity index (χ1n) is 10.9. The number of hydrogen-bond acceptors (Lipinski definition) is 4. The second-order valence-corrected chi connectivity index (χ2v) is 8.23. The summed E-state index contributed by atoms with van der Waals surface area (Å²) in [5, 5.41) is 3.47. The van der Waals surface area contributed by atoms with Gasteiger partial charge in [0.15, 0.2) is 0 Å². The van der Waals surface area contributed by atoms with E-state index in [-0.39, 0.29) is 18.1 Å². The van der Waals surface area contributed by atoms with Crippen LogP contribution in [0.3, 0.4) is 0 Å².